The SMILES string of the molecule is C[Si](C)(C)C1(O)CCCC(=O)C1. The van der Waals surface area contributed by atoms with Gasteiger partial charge in [0.1, 0.15) is 5.78 Å². The van der Waals surface area contributed by atoms with Gasteiger partial charge in [-0.1, -0.05) is 19.6 Å². The Kier molecular flexibility index (Phi) is 2.45. The van der Waals surface area contributed by atoms with Crippen molar-refractivity contribution >= 4 is 13.9 Å². The van der Waals surface area contributed by atoms with Crippen molar-refractivity contribution in [2.24, 2.45) is 0 Å². The molecule has 0 bridgehead atoms. The van der Waals surface area contributed by atoms with E-state index in [1.54, 1.807) is 0 Å². The van der Waals surface area contributed by atoms with Gasteiger partial charge in [0.25, 0.3) is 0 Å². The molecular formula is C9H18O2Si. The second-order valence-corrected chi connectivity index (χ2v) is 10.3. The molecule has 70 valence electrons. The van der Waals surface area contributed by atoms with E-state index >= 15 is 0 Å². The van der Waals surface area contributed by atoms with Gasteiger partial charge in [0.2, 0.25) is 0 Å². The summed E-state index contributed by atoms with van der Waals surface area (Å²) in [6.07, 6.45) is 2.78. The van der Waals surface area contributed by atoms with Crippen LogP contribution in [0.5, 0.6) is 0 Å². The molecule has 1 aliphatic carbocycles. The Labute approximate surface area is 75.0 Å². The molecule has 1 rings (SSSR count). The van der Waals surface area contributed by atoms with E-state index in [9.17, 15) is 9.90 Å². The van der Waals surface area contributed by atoms with Crippen molar-refractivity contribution in [1.82, 2.24) is 0 Å². The molecule has 0 amide bonds. The van der Waals surface area contributed by atoms with Gasteiger partial charge in [0, 0.05) is 12.8 Å². The van der Waals surface area contributed by atoms with Gasteiger partial charge in [-0.15, -0.1) is 0 Å². The molecule has 0 aromatic rings. The first kappa shape index (κ1) is 9.93. The average Bonchev–Trinajstić information content (AvgIpc) is 1.83. The van der Waals surface area contributed by atoms with Crippen LogP contribution in [0.1, 0.15) is 25.7 Å². The number of hydrogen-bond acceptors (Lipinski definition) is 2. The molecule has 1 saturated carbocycles. The molecule has 3 heteroatoms. The smallest absolute Gasteiger partial charge is 0.135 e. The topological polar surface area (TPSA) is 37.3 Å². The minimum atomic E-state index is -1.59. The van der Waals surface area contributed by atoms with Crippen LogP contribution in [0.25, 0.3) is 0 Å². The van der Waals surface area contributed by atoms with Crippen molar-refractivity contribution in [3.05, 3.63) is 0 Å². The molecule has 1 N–H and O–H groups in total. The number of rotatable bonds is 1. The van der Waals surface area contributed by atoms with E-state index in [1.165, 1.54) is 0 Å². The number of carbonyl (C=O) groups is 1. The van der Waals surface area contributed by atoms with Crippen LogP contribution in [0.3, 0.4) is 0 Å². The number of ketones is 1. The van der Waals surface area contributed by atoms with Crippen molar-refractivity contribution < 1.29 is 9.90 Å². The van der Waals surface area contributed by atoms with E-state index in [0.29, 0.717) is 12.8 Å². The zero-order valence-electron chi connectivity index (χ0n) is 8.18. The van der Waals surface area contributed by atoms with Crippen LogP contribution in [0.4, 0.5) is 0 Å². The zero-order valence-corrected chi connectivity index (χ0v) is 9.18. The lowest BCUT2D eigenvalue weighted by molar-refractivity contribution is -0.124. The second-order valence-electron chi connectivity index (χ2n) is 4.85. The Morgan fingerprint density at radius 2 is 2.00 bits per heavy atom. The summed E-state index contributed by atoms with van der Waals surface area (Å²) >= 11 is 0. The summed E-state index contributed by atoms with van der Waals surface area (Å²) in [6, 6.07) is 0. The van der Waals surface area contributed by atoms with Crippen LogP contribution in [0.2, 0.25) is 19.6 Å². The summed E-state index contributed by atoms with van der Waals surface area (Å²) in [5, 5.41) is 9.60. The van der Waals surface area contributed by atoms with Gasteiger partial charge in [-0.3, -0.25) is 4.79 Å². The fourth-order valence-corrected chi connectivity index (χ4v) is 3.38. The molecule has 12 heavy (non-hydrogen) atoms. The molecule has 0 heterocycles. The van der Waals surface area contributed by atoms with Crippen molar-refractivity contribution in [3.63, 3.8) is 0 Å². The highest BCUT2D eigenvalue weighted by Gasteiger charge is 2.44. The number of aliphatic hydroxyl groups is 1. The monoisotopic (exact) mass is 186 g/mol. The predicted octanol–water partition coefficient (Wildman–Crippen LogP) is 1.74. The van der Waals surface area contributed by atoms with Gasteiger partial charge in [-0.05, 0) is 12.8 Å². The Morgan fingerprint density at radius 3 is 2.33 bits per heavy atom. The van der Waals surface area contributed by atoms with E-state index in [-0.39, 0.29) is 5.78 Å². The van der Waals surface area contributed by atoms with Crippen LogP contribution in [0.15, 0.2) is 0 Å². The molecular weight excluding hydrogens is 168 g/mol. The fourth-order valence-electron chi connectivity index (χ4n) is 1.72. The first-order valence-electron chi connectivity index (χ1n) is 4.59. The maximum absolute atomic E-state index is 11.2. The van der Waals surface area contributed by atoms with Gasteiger partial charge in [0.05, 0.1) is 13.3 Å². The summed E-state index contributed by atoms with van der Waals surface area (Å²) in [5.41, 5.74) is 0. The van der Waals surface area contributed by atoms with Crippen molar-refractivity contribution in [2.45, 2.75) is 50.5 Å². The van der Waals surface area contributed by atoms with Gasteiger partial charge < -0.3 is 5.11 Å². The molecule has 0 aliphatic heterocycles. The lowest BCUT2D eigenvalue weighted by Gasteiger charge is -2.41. The van der Waals surface area contributed by atoms with Crippen LogP contribution in [-0.4, -0.2) is 24.2 Å². The quantitative estimate of drug-likeness (QED) is 0.633. The molecule has 1 aliphatic rings. The maximum Gasteiger partial charge on any atom is 0.135 e. The summed E-state index contributed by atoms with van der Waals surface area (Å²) in [6.45, 7) is 6.39. The van der Waals surface area contributed by atoms with Crippen molar-refractivity contribution in [3.8, 4) is 0 Å². The standard InChI is InChI=1S/C9H18O2Si/c1-12(2,3)9(11)6-4-5-8(10)7-9/h11H,4-7H2,1-3H3. The van der Waals surface area contributed by atoms with E-state index in [0.717, 1.165) is 12.8 Å². The molecule has 0 aromatic carbocycles. The Balaban J connectivity index is 2.77. The summed E-state index contributed by atoms with van der Waals surface area (Å²) in [5.74, 6) is 0.242. The highest BCUT2D eigenvalue weighted by molar-refractivity contribution is 6.79. The average molecular weight is 186 g/mol. The lowest BCUT2D eigenvalue weighted by Crippen LogP contribution is -2.55. The van der Waals surface area contributed by atoms with Crippen LogP contribution < -0.4 is 0 Å². The van der Waals surface area contributed by atoms with Crippen LogP contribution >= 0.6 is 0 Å². The maximum atomic E-state index is 11.2. The van der Waals surface area contributed by atoms with Crippen LogP contribution in [0, 0.1) is 0 Å². The largest absolute Gasteiger partial charge is 0.393 e. The first-order chi connectivity index (χ1) is 5.35. The third kappa shape index (κ3) is 1.77. The number of carbonyl (C=O) groups excluding carboxylic acids is 1. The molecule has 1 atom stereocenters. The lowest BCUT2D eigenvalue weighted by atomic mass is 9.96. The molecule has 0 spiro atoms. The van der Waals surface area contributed by atoms with Gasteiger partial charge in [-0.2, -0.15) is 0 Å². The first-order valence-corrected chi connectivity index (χ1v) is 8.09. The summed E-state index contributed by atoms with van der Waals surface area (Å²) < 4.78 is 0. The Bertz CT molecular complexity index is 195. The van der Waals surface area contributed by atoms with E-state index in [2.05, 4.69) is 19.6 Å². The third-order valence-electron chi connectivity index (χ3n) is 2.93. The molecule has 1 unspecified atom stereocenters. The highest BCUT2D eigenvalue weighted by Crippen LogP contribution is 2.33. The summed E-state index contributed by atoms with van der Waals surface area (Å²) in [7, 11) is -1.59. The molecule has 1 fully saturated rings. The normalized spacial score (nSPS) is 32.2. The minimum Gasteiger partial charge on any atom is -0.393 e. The third-order valence-corrected chi connectivity index (χ3v) is 6.15. The highest BCUT2D eigenvalue weighted by atomic mass is 28.3. The number of Topliss-reactive ketones (excluding diaryl/α,β-unsaturated/α-hetero) is 1. The predicted molar refractivity (Wildman–Crippen MR) is 51.8 cm³/mol. The second kappa shape index (κ2) is 2.96. The van der Waals surface area contributed by atoms with Crippen LogP contribution in [-0.2, 0) is 4.79 Å². The van der Waals surface area contributed by atoms with E-state index in [1.807, 2.05) is 0 Å². The molecule has 0 saturated heterocycles. The van der Waals surface area contributed by atoms with Crippen molar-refractivity contribution in [2.75, 3.05) is 0 Å². The molecule has 0 radical (unpaired) electrons. The number of hydrogen-bond donors (Lipinski definition) is 1. The van der Waals surface area contributed by atoms with Gasteiger partial charge in [-0.25, -0.2) is 0 Å². The van der Waals surface area contributed by atoms with E-state index < -0.39 is 13.3 Å². The molecule has 2 nitrogen and oxygen atoms in total. The van der Waals surface area contributed by atoms with E-state index in [4.69, 9.17) is 0 Å². The van der Waals surface area contributed by atoms with Crippen molar-refractivity contribution in [1.29, 1.82) is 0 Å². The zero-order chi connectivity index (χ0) is 9.41. The Morgan fingerprint density at radius 1 is 1.42 bits per heavy atom. The Hall–Kier alpha value is -0.153. The molecule has 0 aromatic heterocycles. The van der Waals surface area contributed by atoms with Gasteiger partial charge in [0.15, 0.2) is 0 Å². The summed E-state index contributed by atoms with van der Waals surface area (Å²) in [4.78, 5) is 11.2. The van der Waals surface area contributed by atoms with Gasteiger partial charge >= 0.3 is 0 Å². The minimum absolute atomic E-state index is 0.242. The fraction of sp³-hybridized carbons (Fsp3) is 0.889.